The summed E-state index contributed by atoms with van der Waals surface area (Å²) in [5.41, 5.74) is 0. The van der Waals surface area contributed by atoms with Crippen molar-refractivity contribution in [3.63, 3.8) is 0 Å². The Morgan fingerprint density at radius 2 is 1.83 bits per heavy atom. The summed E-state index contributed by atoms with van der Waals surface area (Å²) in [6, 6.07) is 2.18. The van der Waals surface area contributed by atoms with Gasteiger partial charge >= 0.3 is 0 Å². The van der Waals surface area contributed by atoms with Gasteiger partial charge in [0.15, 0.2) is 0 Å². The van der Waals surface area contributed by atoms with Gasteiger partial charge in [0, 0.05) is 34.9 Å². The molecule has 1 aromatic rings. The van der Waals surface area contributed by atoms with E-state index in [1.165, 1.54) is 0 Å². The molecule has 2 atom stereocenters. The topological polar surface area (TPSA) is 49.4 Å². The van der Waals surface area contributed by atoms with Gasteiger partial charge in [-0.2, -0.15) is 4.31 Å². The second-order valence-electron chi connectivity index (χ2n) is 5.07. The van der Waals surface area contributed by atoms with E-state index in [4.69, 9.17) is 0 Å². The molecule has 1 aliphatic rings. The van der Waals surface area contributed by atoms with Crippen LogP contribution in [0.5, 0.6) is 0 Å². The molecule has 0 bridgehead atoms. The Morgan fingerprint density at radius 1 is 1.28 bits per heavy atom. The van der Waals surface area contributed by atoms with Gasteiger partial charge in [-0.25, -0.2) is 8.42 Å². The van der Waals surface area contributed by atoms with Gasteiger partial charge in [-0.3, -0.25) is 0 Å². The number of aryl methyl sites for hydroxylation is 2. The Labute approximate surface area is 113 Å². The molecular weight excluding hydrogens is 268 g/mol. The third-order valence-corrected chi connectivity index (χ3v) is 6.19. The third-order valence-electron chi connectivity index (χ3n) is 3.14. The van der Waals surface area contributed by atoms with Crippen molar-refractivity contribution in [2.75, 3.05) is 13.1 Å². The molecule has 0 aromatic carbocycles. The van der Waals surface area contributed by atoms with Crippen molar-refractivity contribution in [2.24, 2.45) is 0 Å². The first-order valence-electron chi connectivity index (χ1n) is 6.14. The molecule has 6 heteroatoms. The first-order chi connectivity index (χ1) is 8.30. The Kier molecular flexibility index (Phi) is 3.82. The van der Waals surface area contributed by atoms with Crippen molar-refractivity contribution < 1.29 is 8.42 Å². The summed E-state index contributed by atoms with van der Waals surface area (Å²) >= 11 is 1.54. The molecule has 1 N–H and O–H groups in total. The third kappa shape index (κ3) is 2.61. The van der Waals surface area contributed by atoms with E-state index in [9.17, 15) is 8.42 Å². The molecule has 2 rings (SSSR count). The maximum absolute atomic E-state index is 12.6. The lowest BCUT2D eigenvalue weighted by atomic mass is 10.2. The highest BCUT2D eigenvalue weighted by molar-refractivity contribution is 7.89. The van der Waals surface area contributed by atoms with Crippen LogP contribution in [0.3, 0.4) is 0 Å². The van der Waals surface area contributed by atoms with E-state index in [0.717, 1.165) is 9.75 Å². The highest BCUT2D eigenvalue weighted by Crippen LogP contribution is 2.28. The van der Waals surface area contributed by atoms with E-state index in [0.29, 0.717) is 18.0 Å². The summed E-state index contributed by atoms with van der Waals surface area (Å²) in [4.78, 5) is 2.40. The van der Waals surface area contributed by atoms with Gasteiger partial charge in [-0.1, -0.05) is 0 Å². The minimum Gasteiger partial charge on any atom is -0.309 e. The summed E-state index contributed by atoms with van der Waals surface area (Å²) in [5, 5.41) is 3.35. The zero-order valence-electron chi connectivity index (χ0n) is 11.2. The van der Waals surface area contributed by atoms with Gasteiger partial charge in [0.25, 0.3) is 0 Å². The number of piperazine rings is 1. The molecule has 0 saturated carbocycles. The molecular formula is C12H20N2O2S2. The minimum absolute atomic E-state index is 0.198. The lowest BCUT2D eigenvalue weighted by Gasteiger charge is -2.35. The van der Waals surface area contributed by atoms with Crippen LogP contribution in [0.1, 0.15) is 23.6 Å². The number of nitrogens with zero attached hydrogens (tertiary/aromatic N) is 1. The fourth-order valence-corrected chi connectivity index (χ4v) is 5.62. The van der Waals surface area contributed by atoms with Gasteiger partial charge in [0.1, 0.15) is 0 Å². The monoisotopic (exact) mass is 288 g/mol. The van der Waals surface area contributed by atoms with Crippen LogP contribution in [0.2, 0.25) is 0 Å². The average Bonchev–Trinajstić information content (AvgIpc) is 2.57. The average molecular weight is 288 g/mol. The fraction of sp³-hybridized carbons (Fsp3) is 0.667. The molecule has 4 nitrogen and oxygen atoms in total. The van der Waals surface area contributed by atoms with E-state index in [-0.39, 0.29) is 12.1 Å². The summed E-state index contributed by atoms with van der Waals surface area (Å²) in [7, 11) is -3.33. The van der Waals surface area contributed by atoms with E-state index < -0.39 is 10.0 Å². The first kappa shape index (κ1) is 14.0. The maximum atomic E-state index is 12.6. The van der Waals surface area contributed by atoms with Crippen molar-refractivity contribution in [1.82, 2.24) is 9.62 Å². The summed E-state index contributed by atoms with van der Waals surface area (Å²) in [6.07, 6.45) is 0. The summed E-state index contributed by atoms with van der Waals surface area (Å²) in [6.45, 7) is 8.94. The second-order valence-corrected chi connectivity index (χ2v) is 8.44. The van der Waals surface area contributed by atoms with Crippen LogP contribution in [0, 0.1) is 13.8 Å². The normalized spacial score (nSPS) is 26.4. The lowest BCUT2D eigenvalue weighted by Crippen LogP contribution is -2.55. The highest BCUT2D eigenvalue weighted by Gasteiger charge is 2.32. The van der Waals surface area contributed by atoms with E-state index in [1.54, 1.807) is 21.7 Å². The van der Waals surface area contributed by atoms with Gasteiger partial charge in [-0.15, -0.1) is 11.3 Å². The first-order valence-corrected chi connectivity index (χ1v) is 8.39. The van der Waals surface area contributed by atoms with Crippen molar-refractivity contribution in [2.45, 2.75) is 44.7 Å². The van der Waals surface area contributed by atoms with E-state index in [2.05, 4.69) is 5.32 Å². The molecule has 18 heavy (non-hydrogen) atoms. The van der Waals surface area contributed by atoms with Gasteiger partial charge in [0.05, 0.1) is 4.90 Å². The fourth-order valence-electron chi connectivity index (χ4n) is 2.48. The molecule has 0 spiro atoms. The standard InChI is InChI=1S/C12H20N2O2S2/c1-8-6-14(7-9(2)13-8)18(15,16)12-5-10(3)17-11(12)4/h5,8-9,13H,6-7H2,1-4H3. The number of rotatable bonds is 2. The summed E-state index contributed by atoms with van der Waals surface area (Å²) in [5.74, 6) is 0. The molecule has 0 radical (unpaired) electrons. The zero-order chi connectivity index (χ0) is 13.5. The van der Waals surface area contributed by atoms with Crippen LogP contribution in [-0.4, -0.2) is 37.9 Å². The molecule has 1 aromatic heterocycles. The van der Waals surface area contributed by atoms with E-state index in [1.807, 2.05) is 27.7 Å². The SMILES string of the molecule is Cc1cc(S(=O)(=O)N2CC(C)NC(C)C2)c(C)s1. The van der Waals surface area contributed by atoms with Crippen LogP contribution in [0.4, 0.5) is 0 Å². The molecule has 2 unspecified atom stereocenters. The number of sulfonamides is 1. The van der Waals surface area contributed by atoms with Crippen molar-refractivity contribution >= 4 is 21.4 Å². The Hall–Kier alpha value is -0.430. The molecule has 0 aliphatic carbocycles. The van der Waals surface area contributed by atoms with Gasteiger partial charge < -0.3 is 5.32 Å². The molecule has 1 saturated heterocycles. The van der Waals surface area contributed by atoms with Crippen molar-refractivity contribution in [1.29, 1.82) is 0 Å². The summed E-state index contributed by atoms with van der Waals surface area (Å²) < 4.78 is 26.8. The predicted octanol–water partition coefficient (Wildman–Crippen LogP) is 1.74. The minimum atomic E-state index is -3.33. The Bertz CT molecular complexity index is 526. The largest absolute Gasteiger partial charge is 0.309 e. The second kappa shape index (κ2) is 4.92. The van der Waals surface area contributed by atoms with E-state index >= 15 is 0 Å². The van der Waals surface area contributed by atoms with Crippen molar-refractivity contribution in [3.05, 3.63) is 15.8 Å². The highest BCUT2D eigenvalue weighted by atomic mass is 32.2. The molecule has 1 fully saturated rings. The van der Waals surface area contributed by atoms with Crippen LogP contribution < -0.4 is 5.32 Å². The van der Waals surface area contributed by atoms with Crippen LogP contribution in [-0.2, 0) is 10.0 Å². The molecule has 0 amide bonds. The van der Waals surface area contributed by atoms with Gasteiger partial charge in [-0.05, 0) is 33.8 Å². The maximum Gasteiger partial charge on any atom is 0.244 e. The number of nitrogens with one attached hydrogen (secondary N) is 1. The van der Waals surface area contributed by atoms with Gasteiger partial charge in [0.2, 0.25) is 10.0 Å². The predicted molar refractivity (Wildman–Crippen MR) is 74.6 cm³/mol. The van der Waals surface area contributed by atoms with Crippen LogP contribution >= 0.6 is 11.3 Å². The number of hydrogen-bond acceptors (Lipinski definition) is 4. The Balaban J connectivity index is 2.34. The number of thiophene rings is 1. The number of hydrogen-bond donors (Lipinski definition) is 1. The van der Waals surface area contributed by atoms with Crippen LogP contribution in [0.15, 0.2) is 11.0 Å². The smallest absolute Gasteiger partial charge is 0.244 e. The zero-order valence-corrected chi connectivity index (χ0v) is 12.9. The van der Waals surface area contributed by atoms with Crippen molar-refractivity contribution in [3.8, 4) is 0 Å². The molecule has 2 heterocycles. The molecule has 102 valence electrons. The lowest BCUT2D eigenvalue weighted by molar-refractivity contribution is 0.263. The van der Waals surface area contributed by atoms with Crippen LogP contribution in [0.25, 0.3) is 0 Å². The quantitative estimate of drug-likeness (QED) is 0.902. The Morgan fingerprint density at radius 3 is 2.28 bits per heavy atom. The molecule has 1 aliphatic heterocycles.